The molecular formula is C24H28N4O4S. The monoisotopic (exact) mass is 468 g/mol. The number of nitrogens with one attached hydrogen (secondary N) is 3. The van der Waals surface area contributed by atoms with Crippen LogP contribution in [0.4, 0.5) is 10.5 Å². The van der Waals surface area contributed by atoms with Gasteiger partial charge in [-0.05, 0) is 56.0 Å². The number of aryl methyl sites for hydroxylation is 1. The van der Waals surface area contributed by atoms with Gasteiger partial charge in [-0.1, -0.05) is 29.7 Å². The van der Waals surface area contributed by atoms with Crippen LogP contribution in [0.5, 0.6) is 0 Å². The van der Waals surface area contributed by atoms with Crippen molar-refractivity contribution in [3.8, 4) is 12.3 Å². The van der Waals surface area contributed by atoms with Crippen molar-refractivity contribution in [2.45, 2.75) is 24.7 Å². The number of terminal acetylenes is 1. The molecule has 0 radical (unpaired) electrons. The highest BCUT2D eigenvalue weighted by molar-refractivity contribution is 7.89. The van der Waals surface area contributed by atoms with Crippen LogP contribution in [-0.2, 0) is 10.0 Å². The Morgan fingerprint density at radius 3 is 2.67 bits per heavy atom. The van der Waals surface area contributed by atoms with Gasteiger partial charge in [0.05, 0.1) is 11.4 Å². The number of hydrogen-bond donors (Lipinski definition) is 3. The first-order valence-corrected chi connectivity index (χ1v) is 12.2. The van der Waals surface area contributed by atoms with Crippen molar-refractivity contribution < 1.29 is 18.0 Å². The summed E-state index contributed by atoms with van der Waals surface area (Å²) in [4.78, 5) is 26.9. The number of piperidine rings is 1. The third-order valence-corrected chi connectivity index (χ3v) is 6.82. The van der Waals surface area contributed by atoms with Crippen LogP contribution < -0.4 is 15.4 Å². The molecule has 9 heteroatoms. The number of rotatable bonds is 7. The maximum absolute atomic E-state index is 13.0. The zero-order valence-corrected chi connectivity index (χ0v) is 19.3. The minimum Gasteiger partial charge on any atom is -0.338 e. The fraction of sp³-hybridized carbons (Fsp3) is 0.333. The highest BCUT2D eigenvalue weighted by atomic mass is 32.2. The van der Waals surface area contributed by atoms with Crippen LogP contribution in [-0.4, -0.2) is 51.4 Å². The molecule has 1 aliphatic rings. The average Bonchev–Trinajstić information content (AvgIpc) is 2.83. The predicted octanol–water partition coefficient (Wildman–Crippen LogP) is 2.58. The van der Waals surface area contributed by atoms with E-state index < -0.39 is 10.0 Å². The third-order valence-electron chi connectivity index (χ3n) is 5.42. The standard InChI is InChI=1S/C24H28N4O4S/c1-3-13-26-33(31,32)22-8-4-7-20(15-22)23(29)28-14-5-6-19(17-28)16-25-24(30)27-21-11-9-18(2)10-12-21/h1,4,7-12,15,19,26H,5-6,13-14,16-17H2,2H3,(H2,25,27,30). The number of amides is 3. The summed E-state index contributed by atoms with van der Waals surface area (Å²) in [6.45, 7) is 3.35. The van der Waals surface area contributed by atoms with Crippen LogP contribution in [0.3, 0.4) is 0 Å². The molecule has 3 N–H and O–H groups in total. The Morgan fingerprint density at radius 1 is 1.18 bits per heavy atom. The molecule has 0 aliphatic carbocycles. The average molecular weight is 469 g/mol. The molecule has 1 saturated heterocycles. The Labute approximate surface area is 194 Å². The smallest absolute Gasteiger partial charge is 0.319 e. The van der Waals surface area contributed by atoms with E-state index in [0.29, 0.717) is 30.9 Å². The second-order valence-corrected chi connectivity index (χ2v) is 9.78. The van der Waals surface area contributed by atoms with Crippen molar-refractivity contribution in [2.75, 3.05) is 31.5 Å². The van der Waals surface area contributed by atoms with Gasteiger partial charge < -0.3 is 15.5 Å². The fourth-order valence-electron chi connectivity index (χ4n) is 3.66. The number of benzene rings is 2. The number of carbonyl (C=O) groups is 2. The molecule has 0 spiro atoms. The van der Waals surface area contributed by atoms with E-state index in [2.05, 4.69) is 21.3 Å². The number of carbonyl (C=O) groups excluding carboxylic acids is 2. The van der Waals surface area contributed by atoms with Gasteiger partial charge in [0.1, 0.15) is 0 Å². The lowest BCUT2D eigenvalue weighted by Gasteiger charge is -2.33. The molecule has 1 heterocycles. The maximum atomic E-state index is 13.0. The lowest BCUT2D eigenvalue weighted by Crippen LogP contribution is -2.44. The van der Waals surface area contributed by atoms with Crippen LogP contribution in [0.25, 0.3) is 0 Å². The van der Waals surface area contributed by atoms with E-state index in [1.807, 2.05) is 31.2 Å². The van der Waals surface area contributed by atoms with Gasteiger partial charge in [0.25, 0.3) is 5.91 Å². The van der Waals surface area contributed by atoms with Gasteiger partial charge in [0.15, 0.2) is 0 Å². The Kier molecular flexibility index (Phi) is 8.09. The Balaban J connectivity index is 1.57. The molecule has 0 aromatic heterocycles. The third kappa shape index (κ3) is 6.81. The van der Waals surface area contributed by atoms with Gasteiger partial charge in [0, 0.05) is 30.9 Å². The van der Waals surface area contributed by atoms with Gasteiger partial charge >= 0.3 is 6.03 Å². The summed E-state index contributed by atoms with van der Waals surface area (Å²) < 4.78 is 26.9. The number of sulfonamides is 1. The Bertz CT molecular complexity index is 1140. The SMILES string of the molecule is C#CCNS(=O)(=O)c1cccc(C(=O)N2CCCC(CNC(=O)Nc3ccc(C)cc3)C2)c1. The molecule has 2 aromatic rings. The molecule has 8 nitrogen and oxygen atoms in total. The molecule has 174 valence electrons. The topological polar surface area (TPSA) is 108 Å². The van der Waals surface area contributed by atoms with Crippen molar-refractivity contribution in [3.63, 3.8) is 0 Å². The second kappa shape index (κ2) is 11.0. The number of hydrogen-bond acceptors (Lipinski definition) is 4. The summed E-state index contributed by atoms with van der Waals surface area (Å²) in [6, 6.07) is 13.1. The minimum atomic E-state index is -3.78. The molecule has 1 unspecified atom stereocenters. The molecule has 33 heavy (non-hydrogen) atoms. The van der Waals surface area contributed by atoms with Gasteiger partial charge in [-0.2, -0.15) is 4.72 Å². The molecule has 0 bridgehead atoms. The first-order valence-electron chi connectivity index (χ1n) is 10.7. The van der Waals surface area contributed by atoms with Crippen molar-refractivity contribution in [1.29, 1.82) is 0 Å². The number of nitrogens with zero attached hydrogens (tertiary/aromatic N) is 1. The van der Waals surface area contributed by atoms with Gasteiger partial charge in [-0.3, -0.25) is 4.79 Å². The van der Waals surface area contributed by atoms with E-state index in [9.17, 15) is 18.0 Å². The zero-order chi connectivity index (χ0) is 23.8. The van der Waals surface area contributed by atoms with Crippen LogP contribution >= 0.6 is 0 Å². The van der Waals surface area contributed by atoms with Crippen molar-refractivity contribution in [2.24, 2.45) is 5.92 Å². The van der Waals surface area contributed by atoms with Crippen LogP contribution in [0, 0.1) is 25.2 Å². The van der Waals surface area contributed by atoms with E-state index in [1.165, 1.54) is 18.2 Å². The quantitative estimate of drug-likeness (QED) is 0.543. The number of anilines is 1. The molecule has 3 amide bonds. The van der Waals surface area contributed by atoms with E-state index in [4.69, 9.17) is 6.42 Å². The van der Waals surface area contributed by atoms with Crippen molar-refractivity contribution in [3.05, 3.63) is 59.7 Å². The summed E-state index contributed by atoms with van der Waals surface area (Å²) in [7, 11) is -3.78. The molecule has 0 saturated carbocycles. The second-order valence-electron chi connectivity index (χ2n) is 8.02. The van der Waals surface area contributed by atoms with Gasteiger partial charge in [-0.15, -0.1) is 6.42 Å². The van der Waals surface area contributed by atoms with Gasteiger partial charge in [0.2, 0.25) is 10.0 Å². The molecular weight excluding hydrogens is 440 g/mol. The summed E-state index contributed by atoms with van der Waals surface area (Å²) in [6.07, 6.45) is 6.81. The Morgan fingerprint density at radius 2 is 1.94 bits per heavy atom. The predicted molar refractivity (Wildman–Crippen MR) is 127 cm³/mol. The molecule has 3 rings (SSSR count). The zero-order valence-electron chi connectivity index (χ0n) is 18.5. The van der Waals surface area contributed by atoms with E-state index >= 15 is 0 Å². The first kappa shape index (κ1) is 24.3. The summed E-state index contributed by atoms with van der Waals surface area (Å²) >= 11 is 0. The Hall–Kier alpha value is -3.35. The largest absolute Gasteiger partial charge is 0.338 e. The fourth-order valence-corrected chi connectivity index (χ4v) is 4.64. The lowest BCUT2D eigenvalue weighted by molar-refractivity contribution is 0.0675. The number of urea groups is 1. The lowest BCUT2D eigenvalue weighted by atomic mass is 9.97. The molecule has 1 atom stereocenters. The normalized spacial score (nSPS) is 16.0. The van der Waals surface area contributed by atoms with E-state index in [-0.39, 0.29) is 29.3 Å². The highest BCUT2D eigenvalue weighted by Gasteiger charge is 2.26. The molecule has 1 fully saturated rings. The van der Waals surface area contributed by atoms with E-state index in [1.54, 1.807) is 11.0 Å². The molecule has 1 aliphatic heterocycles. The van der Waals surface area contributed by atoms with Crippen LogP contribution in [0.1, 0.15) is 28.8 Å². The summed E-state index contributed by atoms with van der Waals surface area (Å²) in [5.74, 6) is 2.09. The van der Waals surface area contributed by atoms with Crippen LogP contribution in [0.2, 0.25) is 0 Å². The number of likely N-dealkylation sites (tertiary alicyclic amines) is 1. The van der Waals surface area contributed by atoms with E-state index in [0.717, 1.165) is 18.4 Å². The van der Waals surface area contributed by atoms with Crippen molar-refractivity contribution >= 4 is 27.6 Å². The van der Waals surface area contributed by atoms with Crippen LogP contribution in [0.15, 0.2) is 53.4 Å². The summed E-state index contributed by atoms with van der Waals surface area (Å²) in [5.41, 5.74) is 2.12. The van der Waals surface area contributed by atoms with Gasteiger partial charge in [-0.25, -0.2) is 13.2 Å². The van der Waals surface area contributed by atoms with Crippen molar-refractivity contribution in [1.82, 2.24) is 14.9 Å². The maximum Gasteiger partial charge on any atom is 0.319 e. The first-order chi connectivity index (χ1) is 15.8. The molecule has 2 aromatic carbocycles. The summed E-state index contributed by atoms with van der Waals surface area (Å²) in [5, 5.41) is 5.67. The highest BCUT2D eigenvalue weighted by Crippen LogP contribution is 2.20. The minimum absolute atomic E-state index is 0.00778.